The Balaban J connectivity index is 2.54. The first-order valence-electron chi connectivity index (χ1n) is 1.63. The zero-order valence-corrected chi connectivity index (χ0v) is 3.69. The van der Waals surface area contributed by atoms with Crippen LogP contribution in [0.1, 0.15) is 6.92 Å². The van der Waals surface area contributed by atoms with Crippen LogP contribution in [0, 0.1) is 6.92 Å². The Hall–Kier alpha value is -0.0400. The van der Waals surface area contributed by atoms with E-state index < -0.39 is 0 Å². The molecule has 0 spiro atoms. The Bertz CT molecular complexity index is 17.6. The summed E-state index contributed by atoms with van der Waals surface area (Å²) in [7, 11) is 1.64. The van der Waals surface area contributed by atoms with Gasteiger partial charge in [0.25, 0.3) is 0 Å². The van der Waals surface area contributed by atoms with Crippen molar-refractivity contribution in [2.45, 2.75) is 13.0 Å². The van der Waals surface area contributed by atoms with Gasteiger partial charge in [-0.15, -0.1) is 0 Å². The molecule has 0 rings (SSSR count). The predicted molar refractivity (Wildman–Crippen MR) is 21.8 cm³/mol. The summed E-state index contributed by atoms with van der Waals surface area (Å²) in [6, 6.07) is 0. The second-order valence-electron chi connectivity index (χ2n) is 1.05. The molecule has 0 unspecified atom stereocenters. The smallest absolute Gasteiger partial charge is 0.0544 e. The van der Waals surface area contributed by atoms with Crippen LogP contribution in [0.4, 0.5) is 0 Å². The lowest BCUT2D eigenvalue weighted by molar-refractivity contribution is 0.154. The maximum absolute atomic E-state index is 4.64. The van der Waals surface area contributed by atoms with E-state index in [0.29, 0.717) is 0 Å². The zero-order chi connectivity index (χ0) is 4.28. The summed E-state index contributed by atoms with van der Waals surface area (Å²) < 4.78 is 4.64. The number of hydrogen-bond acceptors (Lipinski definition) is 1. The molecule has 1 radical (unpaired) electrons. The molecule has 1 nitrogen and oxygen atoms in total. The van der Waals surface area contributed by atoms with Crippen molar-refractivity contribution in [3.05, 3.63) is 6.92 Å². The summed E-state index contributed by atoms with van der Waals surface area (Å²) in [6.07, 6.45) is 0.134. The van der Waals surface area contributed by atoms with Gasteiger partial charge in [0.2, 0.25) is 0 Å². The second-order valence-corrected chi connectivity index (χ2v) is 1.05. The molecule has 31 valence electrons. The lowest BCUT2D eigenvalue weighted by Crippen LogP contribution is -1.94. The number of hydrogen-bond donors (Lipinski definition) is 0. The van der Waals surface area contributed by atoms with Crippen LogP contribution in [-0.2, 0) is 4.74 Å². The quantitative estimate of drug-likeness (QED) is 0.447. The minimum absolute atomic E-state index is 0.134. The monoisotopic (exact) mass is 73.1 g/mol. The lowest BCUT2D eigenvalue weighted by Gasteiger charge is -1.94. The highest BCUT2D eigenvalue weighted by Crippen LogP contribution is 1.76. The van der Waals surface area contributed by atoms with Gasteiger partial charge in [0.05, 0.1) is 6.10 Å². The van der Waals surface area contributed by atoms with Gasteiger partial charge < -0.3 is 4.74 Å². The van der Waals surface area contributed by atoms with E-state index in [1.165, 1.54) is 0 Å². The van der Waals surface area contributed by atoms with Crippen molar-refractivity contribution in [1.82, 2.24) is 0 Å². The molecule has 0 aromatic heterocycles. The minimum Gasteiger partial charge on any atom is -0.382 e. The fourth-order valence-electron chi connectivity index (χ4n) is 0. The van der Waals surface area contributed by atoms with Crippen LogP contribution >= 0.6 is 0 Å². The van der Waals surface area contributed by atoms with Gasteiger partial charge in [-0.2, -0.15) is 0 Å². The summed E-state index contributed by atoms with van der Waals surface area (Å²) in [4.78, 5) is 0. The SMILES string of the molecule is [CH2][C@@H](C)OC. The maximum Gasteiger partial charge on any atom is 0.0544 e. The molecular formula is C4H9O. The van der Waals surface area contributed by atoms with Gasteiger partial charge in [-0.25, -0.2) is 0 Å². The maximum atomic E-state index is 4.64. The molecule has 0 saturated carbocycles. The van der Waals surface area contributed by atoms with E-state index in [9.17, 15) is 0 Å². The van der Waals surface area contributed by atoms with Gasteiger partial charge >= 0.3 is 0 Å². The van der Waals surface area contributed by atoms with Crippen LogP contribution in [0.3, 0.4) is 0 Å². The van der Waals surface area contributed by atoms with E-state index in [-0.39, 0.29) is 6.10 Å². The fraction of sp³-hybridized carbons (Fsp3) is 0.750. The Kier molecular flexibility index (Phi) is 2.19. The Morgan fingerprint density at radius 3 is 2.00 bits per heavy atom. The average Bonchev–Trinajstić information content (AvgIpc) is 1.38. The second kappa shape index (κ2) is 2.21. The molecule has 0 aliphatic rings. The largest absolute Gasteiger partial charge is 0.382 e. The normalized spacial score (nSPS) is 9.60. The van der Waals surface area contributed by atoms with Gasteiger partial charge in [0.1, 0.15) is 0 Å². The molecule has 0 N–H and O–H groups in total. The molecule has 1 atom stereocenters. The molecule has 5 heavy (non-hydrogen) atoms. The first-order valence-corrected chi connectivity index (χ1v) is 1.63. The highest BCUT2D eigenvalue weighted by atomic mass is 16.5. The third kappa shape index (κ3) is 3.96. The first kappa shape index (κ1) is 4.96. The number of rotatable bonds is 1. The molecule has 0 fully saturated rings. The topological polar surface area (TPSA) is 9.23 Å². The number of ether oxygens (including phenoxy) is 1. The molecule has 0 aliphatic heterocycles. The molecule has 0 aliphatic carbocycles. The van der Waals surface area contributed by atoms with Crippen molar-refractivity contribution in [3.63, 3.8) is 0 Å². The molecule has 0 saturated heterocycles. The first-order chi connectivity index (χ1) is 2.27. The summed E-state index contributed by atoms with van der Waals surface area (Å²) in [5.41, 5.74) is 0. The molecule has 0 bridgehead atoms. The van der Waals surface area contributed by atoms with Crippen molar-refractivity contribution in [1.29, 1.82) is 0 Å². The van der Waals surface area contributed by atoms with E-state index in [1.807, 2.05) is 6.92 Å². The zero-order valence-electron chi connectivity index (χ0n) is 3.69. The summed E-state index contributed by atoms with van der Waals surface area (Å²) in [6.45, 7) is 5.42. The number of methoxy groups -OCH3 is 1. The fourth-order valence-corrected chi connectivity index (χ4v) is 0. The summed E-state index contributed by atoms with van der Waals surface area (Å²) in [5, 5.41) is 0. The molecule has 1 heteroatoms. The van der Waals surface area contributed by atoms with E-state index >= 15 is 0 Å². The van der Waals surface area contributed by atoms with E-state index in [0.717, 1.165) is 0 Å². The Labute approximate surface area is 32.9 Å². The highest BCUT2D eigenvalue weighted by molar-refractivity contribution is 4.44. The predicted octanol–water partition coefficient (Wildman–Crippen LogP) is 0.855. The average molecular weight is 73.1 g/mol. The minimum atomic E-state index is 0.134. The third-order valence-electron chi connectivity index (χ3n) is 0.402. The standard InChI is InChI=1S/C4H9O/c1-4(2)5-3/h4H,1H2,2-3H3/t4-/m0/s1. The Morgan fingerprint density at radius 1 is 1.80 bits per heavy atom. The van der Waals surface area contributed by atoms with Gasteiger partial charge in [0, 0.05) is 7.11 Å². The van der Waals surface area contributed by atoms with Crippen LogP contribution in [0.25, 0.3) is 0 Å². The summed E-state index contributed by atoms with van der Waals surface area (Å²) in [5.74, 6) is 0. The van der Waals surface area contributed by atoms with Crippen molar-refractivity contribution < 1.29 is 4.74 Å². The summed E-state index contributed by atoms with van der Waals surface area (Å²) >= 11 is 0. The van der Waals surface area contributed by atoms with Gasteiger partial charge in [-0.3, -0.25) is 0 Å². The van der Waals surface area contributed by atoms with Crippen LogP contribution in [-0.4, -0.2) is 13.2 Å². The molecule has 0 aromatic rings. The van der Waals surface area contributed by atoms with Crippen molar-refractivity contribution in [2.24, 2.45) is 0 Å². The van der Waals surface area contributed by atoms with E-state index in [1.54, 1.807) is 7.11 Å². The Morgan fingerprint density at radius 2 is 2.00 bits per heavy atom. The van der Waals surface area contributed by atoms with Gasteiger partial charge in [-0.1, -0.05) is 0 Å². The molecule has 0 amide bonds. The molecule has 0 aromatic carbocycles. The third-order valence-corrected chi connectivity index (χ3v) is 0.402. The molecule has 0 heterocycles. The van der Waals surface area contributed by atoms with Gasteiger partial charge in [-0.05, 0) is 13.8 Å². The van der Waals surface area contributed by atoms with Crippen molar-refractivity contribution in [2.75, 3.05) is 7.11 Å². The lowest BCUT2D eigenvalue weighted by atomic mass is 10.5. The van der Waals surface area contributed by atoms with Crippen LogP contribution < -0.4 is 0 Å². The highest BCUT2D eigenvalue weighted by Gasteiger charge is 1.79. The van der Waals surface area contributed by atoms with Crippen molar-refractivity contribution in [3.8, 4) is 0 Å². The van der Waals surface area contributed by atoms with E-state index in [4.69, 9.17) is 0 Å². The molecular weight excluding hydrogens is 64.0 g/mol. The van der Waals surface area contributed by atoms with E-state index in [2.05, 4.69) is 11.7 Å². The van der Waals surface area contributed by atoms with Crippen LogP contribution in [0.15, 0.2) is 0 Å². The van der Waals surface area contributed by atoms with Gasteiger partial charge in [0.15, 0.2) is 0 Å². The van der Waals surface area contributed by atoms with Crippen LogP contribution in [0.2, 0.25) is 0 Å². The van der Waals surface area contributed by atoms with Crippen LogP contribution in [0.5, 0.6) is 0 Å². The van der Waals surface area contributed by atoms with Crippen molar-refractivity contribution >= 4 is 0 Å².